The lowest BCUT2D eigenvalue weighted by Crippen LogP contribution is -2.40. The second kappa shape index (κ2) is 5.50. The van der Waals surface area contributed by atoms with Crippen molar-refractivity contribution in [3.05, 3.63) is 58.1 Å². The molecule has 1 aliphatic heterocycles. The maximum atomic E-state index is 11.5. The smallest absolute Gasteiger partial charge is 0.178 e. The van der Waals surface area contributed by atoms with Gasteiger partial charge in [0, 0.05) is 16.1 Å². The van der Waals surface area contributed by atoms with Gasteiger partial charge in [-0.15, -0.1) is 0 Å². The standard InChI is InChI=1S/C19H21ClN2O2/c1-11-5-7-15-13(9-11)19(23,17(21)22-15)14-10-12(20)6-8-16(14)24-18(2,3)4/h5-10,23H,1-4H3,(H2,21,22). The van der Waals surface area contributed by atoms with Crippen LogP contribution in [0.3, 0.4) is 0 Å². The van der Waals surface area contributed by atoms with Crippen LogP contribution in [0.2, 0.25) is 5.02 Å². The summed E-state index contributed by atoms with van der Waals surface area (Å²) in [6.45, 7) is 7.79. The number of halogens is 1. The van der Waals surface area contributed by atoms with E-state index in [1.54, 1.807) is 18.2 Å². The molecule has 3 N–H and O–H groups in total. The highest BCUT2D eigenvalue weighted by Gasteiger charge is 2.44. The zero-order valence-corrected chi connectivity index (χ0v) is 15.0. The van der Waals surface area contributed by atoms with Gasteiger partial charge in [-0.2, -0.15) is 0 Å². The van der Waals surface area contributed by atoms with Gasteiger partial charge in [0.1, 0.15) is 17.2 Å². The average Bonchev–Trinajstić information content (AvgIpc) is 2.72. The number of rotatable bonds is 2. The van der Waals surface area contributed by atoms with E-state index in [1.165, 1.54) is 0 Å². The van der Waals surface area contributed by atoms with Crippen LogP contribution in [0, 0.1) is 6.92 Å². The first-order chi connectivity index (χ1) is 11.1. The van der Waals surface area contributed by atoms with Crippen molar-refractivity contribution in [1.82, 2.24) is 0 Å². The van der Waals surface area contributed by atoms with Crippen molar-refractivity contribution in [2.45, 2.75) is 38.9 Å². The minimum absolute atomic E-state index is 0.115. The highest BCUT2D eigenvalue weighted by molar-refractivity contribution is 6.30. The van der Waals surface area contributed by atoms with Crippen LogP contribution in [-0.4, -0.2) is 16.5 Å². The molecule has 0 amide bonds. The lowest BCUT2D eigenvalue weighted by atomic mass is 9.85. The van der Waals surface area contributed by atoms with E-state index in [0.717, 1.165) is 5.56 Å². The van der Waals surface area contributed by atoms with E-state index in [9.17, 15) is 5.11 Å². The molecule has 126 valence electrons. The Labute approximate surface area is 146 Å². The largest absolute Gasteiger partial charge is 0.488 e. The van der Waals surface area contributed by atoms with Gasteiger partial charge in [0.05, 0.1) is 5.69 Å². The molecule has 0 saturated carbocycles. The fourth-order valence-corrected chi connectivity index (χ4v) is 3.04. The lowest BCUT2D eigenvalue weighted by Gasteiger charge is -2.30. The summed E-state index contributed by atoms with van der Waals surface area (Å²) in [4.78, 5) is 4.34. The zero-order valence-electron chi connectivity index (χ0n) is 14.2. The Balaban J connectivity index is 2.24. The number of hydrogen-bond donors (Lipinski definition) is 2. The number of nitrogens with zero attached hydrogens (tertiary/aromatic N) is 1. The van der Waals surface area contributed by atoms with Crippen LogP contribution in [0.25, 0.3) is 0 Å². The van der Waals surface area contributed by atoms with E-state index in [4.69, 9.17) is 22.1 Å². The lowest BCUT2D eigenvalue weighted by molar-refractivity contribution is 0.112. The van der Waals surface area contributed by atoms with Gasteiger partial charge in [-0.05, 0) is 52.0 Å². The zero-order chi connectivity index (χ0) is 17.7. The molecule has 24 heavy (non-hydrogen) atoms. The van der Waals surface area contributed by atoms with Crippen LogP contribution in [0.5, 0.6) is 5.75 Å². The number of aliphatic hydroxyl groups is 1. The minimum atomic E-state index is -1.56. The van der Waals surface area contributed by atoms with Gasteiger partial charge >= 0.3 is 0 Å². The monoisotopic (exact) mass is 344 g/mol. The number of aliphatic imine (C=N–C) groups is 1. The summed E-state index contributed by atoms with van der Waals surface area (Å²) >= 11 is 6.19. The van der Waals surface area contributed by atoms with Gasteiger partial charge in [0.15, 0.2) is 5.60 Å². The Hall–Kier alpha value is -2.04. The number of hydrogen-bond acceptors (Lipinski definition) is 4. The SMILES string of the molecule is Cc1ccc2c(c1)C(O)(c1cc(Cl)ccc1OC(C)(C)C)C(N)=N2. The van der Waals surface area contributed by atoms with Gasteiger partial charge in [-0.1, -0.05) is 29.3 Å². The summed E-state index contributed by atoms with van der Waals surface area (Å²) in [6, 6.07) is 10.8. The van der Waals surface area contributed by atoms with E-state index >= 15 is 0 Å². The molecular weight excluding hydrogens is 324 g/mol. The molecule has 0 fully saturated rings. The molecule has 5 heteroatoms. The third kappa shape index (κ3) is 2.76. The summed E-state index contributed by atoms with van der Waals surface area (Å²) in [5, 5.41) is 12.0. The predicted octanol–water partition coefficient (Wildman–Crippen LogP) is 4.06. The van der Waals surface area contributed by atoms with Crippen LogP contribution >= 0.6 is 11.6 Å². The van der Waals surface area contributed by atoms with Crippen LogP contribution < -0.4 is 10.5 Å². The Morgan fingerprint density at radius 2 is 1.83 bits per heavy atom. The fourth-order valence-electron chi connectivity index (χ4n) is 2.87. The molecule has 0 spiro atoms. The molecular formula is C19H21ClN2O2. The van der Waals surface area contributed by atoms with Crippen molar-refractivity contribution in [2.75, 3.05) is 0 Å². The number of fused-ring (bicyclic) bond motifs is 1. The molecule has 2 aromatic rings. The maximum absolute atomic E-state index is 11.5. The molecule has 0 saturated heterocycles. The van der Waals surface area contributed by atoms with Gasteiger partial charge in [0.25, 0.3) is 0 Å². The number of aryl methyl sites for hydroxylation is 1. The first-order valence-corrected chi connectivity index (χ1v) is 8.16. The Morgan fingerprint density at radius 1 is 1.12 bits per heavy atom. The van der Waals surface area contributed by atoms with Crippen LogP contribution in [0.4, 0.5) is 5.69 Å². The van der Waals surface area contributed by atoms with E-state index in [-0.39, 0.29) is 5.84 Å². The molecule has 0 aromatic heterocycles. The summed E-state index contributed by atoms with van der Waals surface area (Å²) in [5.74, 6) is 0.644. The molecule has 2 aromatic carbocycles. The highest BCUT2D eigenvalue weighted by atomic mass is 35.5. The molecule has 1 unspecified atom stereocenters. The normalized spacial score (nSPS) is 19.8. The number of nitrogens with two attached hydrogens (primary N) is 1. The van der Waals surface area contributed by atoms with Crippen LogP contribution in [0.15, 0.2) is 41.4 Å². The molecule has 0 aliphatic carbocycles. The van der Waals surface area contributed by atoms with Gasteiger partial charge in [0.2, 0.25) is 0 Å². The average molecular weight is 345 g/mol. The Kier molecular flexibility index (Phi) is 3.85. The van der Waals surface area contributed by atoms with E-state index in [2.05, 4.69) is 4.99 Å². The quantitative estimate of drug-likeness (QED) is 0.863. The van der Waals surface area contributed by atoms with Crippen molar-refractivity contribution in [3.63, 3.8) is 0 Å². The minimum Gasteiger partial charge on any atom is -0.488 e. The Morgan fingerprint density at radius 3 is 2.50 bits per heavy atom. The fraction of sp³-hybridized carbons (Fsp3) is 0.316. The number of benzene rings is 2. The second-order valence-electron chi connectivity index (χ2n) is 7.08. The highest BCUT2D eigenvalue weighted by Crippen LogP contribution is 2.46. The molecule has 3 rings (SSSR count). The van der Waals surface area contributed by atoms with Crippen LogP contribution in [-0.2, 0) is 5.60 Å². The summed E-state index contributed by atoms with van der Waals surface area (Å²) in [6.07, 6.45) is 0. The van der Waals surface area contributed by atoms with Crippen LogP contribution in [0.1, 0.15) is 37.5 Å². The van der Waals surface area contributed by atoms with Crippen molar-refractivity contribution in [3.8, 4) is 5.75 Å². The summed E-state index contributed by atoms with van der Waals surface area (Å²) in [5.41, 5.74) is 6.94. The van der Waals surface area contributed by atoms with Crippen molar-refractivity contribution < 1.29 is 9.84 Å². The summed E-state index contributed by atoms with van der Waals surface area (Å²) < 4.78 is 6.03. The van der Waals surface area contributed by atoms with Gasteiger partial charge in [-0.25, -0.2) is 4.99 Å². The predicted molar refractivity (Wildman–Crippen MR) is 97.3 cm³/mol. The van der Waals surface area contributed by atoms with E-state index in [1.807, 2.05) is 45.9 Å². The first kappa shape index (κ1) is 16.8. The third-order valence-corrected chi connectivity index (χ3v) is 4.14. The number of ether oxygens (including phenoxy) is 1. The number of amidine groups is 1. The van der Waals surface area contributed by atoms with E-state index < -0.39 is 11.2 Å². The van der Waals surface area contributed by atoms with Crippen molar-refractivity contribution in [2.24, 2.45) is 10.7 Å². The molecule has 1 heterocycles. The first-order valence-electron chi connectivity index (χ1n) is 7.78. The Bertz CT molecular complexity index is 840. The van der Waals surface area contributed by atoms with Crippen molar-refractivity contribution in [1.29, 1.82) is 0 Å². The van der Waals surface area contributed by atoms with Gasteiger partial charge in [-0.3, -0.25) is 0 Å². The molecule has 0 bridgehead atoms. The maximum Gasteiger partial charge on any atom is 0.178 e. The molecule has 1 aliphatic rings. The second-order valence-corrected chi connectivity index (χ2v) is 7.52. The topological polar surface area (TPSA) is 67.8 Å². The van der Waals surface area contributed by atoms with Gasteiger partial charge < -0.3 is 15.6 Å². The third-order valence-electron chi connectivity index (χ3n) is 3.90. The van der Waals surface area contributed by atoms with E-state index in [0.29, 0.717) is 27.6 Å². The summed E-state index contributed by atoms with van der Waals surface area (Å²) in [7, 11) is 0. The molecule has 1 atom stereocenters. The molecule has 0 radical (unpaired) electrons. The van der Waals surface area contributed by atoms with Crippen molar-refractivity contribution >= 4 is 23.1 Å². The molecule has 4 nitrogen and oxygen atoms in total.